The summed E-state index contributed by atoms with van der Waals surface area (Å²) in [5.74, 6) is -2.79. The molecule has 0 aromatic heterocycles. The molecule has 0 bridgehead atoms. The number of hydrogen-bond donors (Lipinski definition) is 6. The number of phosphoric acid groups is 1. The molecule has 1 unspecified atom stereocenters. The van der Waals surface area contributed by atoms with Crippen LogP contribution in [-0.2, 0) is 37.5 Å². The lowest BCUT2D eigenvalue weighted by Gasteiger charge is -2.20. The Morgan fingerprint density at radius 3 is 1.98 bits per heavy atom. The second-order valence-corrected chi connectivity index (χ2v) is 14.3. The molecule has 0 amide bonds. The van der Waals surface area contributed by atoms with Gasteiger partial charge in [0.15, 0.2) is 6.10 Å². The predicted octanol–water partition coefficient (Wildman–Crippen LogP) is 6.30. The number of aliphatic hydroxyl groups is 3. The van der Waals surface area contributed by atoms with E-state index in [0.29, 0.717) is 12.8 Å². The Kier molecular flexibility index (Phi) is 32.1. The van der Waals surface area contributed by atoms with E-state index in [1.807, 2.05) is 19.1 Å². The summed E-state index contributed by atoms with van der Waals surface area (Å²) in [5, 5.41) is 39.2. The van der Waals surface area contributed by atoms with Crippen LogP contribution in [0, 0.1) is 0 Å². The number of nitrogens with two attached hydrogens (primary N) is 1. The Bertz CT molecular complexity index is 1260. The Hall–Kier alpha value is -3.20. The highest BCUT2D eigenvalue weighted by Crippen LogP contribution is 2.43. The number of aliphatic carboxylic acids is 1. The predicted molar refractivity (Wildman–Crippen MR) is 212 cm³/mol. The van der Waals surface area contributed by atoms with Crippen molar-refractivity contribution >= 4 is 25.7 Å². The van der Waals surface area contributed by atoms with Crippen molar-refractivity contribution in [3.05, 3.63) is 72.9 Å². The number of unbranched alkanes of at least 4 members (excludes halogenated alkanes) is 7. The molecule has 0 aromatic rings. The topological polar surface area (TPSA) is 232 Å². The number of ether oxygens (including phenoxy) is 2. The molecular weight excluding hydrogens is 733 g/mol. The van der Waals surface area contributed by atoms with Gasteiger partial charge >= 0.3 is 25.7 Å². The molecule has 0 aliphatic heterocycles. The molecule has 6 atom stereocenters. The minimum Gasteiger partial charge on any atom is -0.480 e. The minimum atomic E-state index is -4.81. The molecule has 0 spiro atoms. The van der Waals surface area contributed by atoms with Crippen molar-refractivity contribution in [2.45, 2.75) is 141 Å². The maximum atomic E-state index is 12.6. The number of carboxylic acid groups (broad SMARTS) is 1. The molecule has 0 aliphatic rings. The molecule has 0 aromatic carbocycles. The van der Waals surface area contributed by atoms with Gasteiger partial charge in [0.2, 0.25) is 0 Å². The number of carbonyl (C=O) groups excluding carboxylic acids is 2. The lowest BCUT2D eigenvalue weighted by molar-refractivity contribution is -0.161. The number of carbonyl (C=O) groups is 3. The van der Waals surface area contributed by atoms with Crippen LogP contribution in [0.4, 0.5) is 0 Å². The van der Waals surface area contributed by atoms with E-state index < -0.39 is 76.0 Å². The van der Waals surface area contributed by atoms with E-state index in [2.05, 4.69) is 23.6 Å². The molecule has 0 rings (SSSR count). The summed E-state index contributed by atoms with van der Waals surface area (Å²) in [6.45, 7) is 2.17. The van der Waals surface area contributed by atoms with Crippen LogP contribution in [0.25, 0.3) is 0 Å². The van der Waals surface area contributed by atoms with E-state index in [-0.39, 0.29) is 25.7 Å². The molecule has 0 saturated carbocycles. The first kappa shape index (κ1) is 51.8. The third-order valence-corrected chi connectivity index (χ3v) is 8.73. The molecule has 0 saturated heterocycles. The van der Waals surface area contributed by atoms with Crippen molar-refractivity contribution in [3.8, 4) is 0 Å². The van der Waals surface area contributed by atoms with Gasteiger partial charge < -0.3 is 40.5 Å². The van der Waals surface area contributed by atoms with Gasteiger partial charge in [-0.25, -0.2) is 4.57 Å². The summed E-state index contributed by atoms with van der Waals surface area (Å²) in [5.41, 5.74) is 5.29. The fourth-order valence-electron chi connectivity index (χ4n) is 4.56. The van der Waals surface area contributed by atoms with Crippen LogP contribution < -0.4 is 5.73 Å². The Balaban J connectivity index is 4.83. The summed E-state index contributed by atoms with van der Waals surface area (Å²) in [6.07, 6.45) is 27.9. The monoisotopic (exact) mass is 799 g/mol. The Labute approximate surface area is 327 Å². The van der Waals surface area contributed by atoms with Gasteiger partial charge in [-0.15, -0.1) is 0 Å². The van der Waals surface area contributed by atoms with Crippen LogP contribution in [0.5, 0.6) is 0 Å². The van der Waals surface area contributed by atoms with Gasteiger partial charge in [0.05, 0.1) is 31.5 Å². The zero-order valence-corrected chi connectivity index (χ0v) is 33.5. The zero-order valence-electron chi connectivity index (χ0n) is 32.6. The summed E-state index contributed by atoms with van der Waals surface area (Å²) in [4.78, 5) is 45.8. The largest absolute Gasteiger partial charge is 0.480 e. The van der Waals surface area contributed by atoms with Crippen LogP contribution in [0.1, 0.15) is 110 Å². The van der Waals surface area contributed by atoms with Gasteiger partial charge in [-0.3, -0.25) is 23.4 Å². The van der Waals surface area contributed by atoms with Crippen LogP contribution in [-0.4, -0.2) is 93.5 Å². The number of allylic oxidation sites excluding steroid dienone is 9. The summed E-state index contributed by atoms with van der Waals surface area (Å²) in [6, 6.07) is -1.58. The SMILES string of the molecule is CC/C=C\C[C@H](O)/C=C/C=C/C=C\C=C/[C@@H](O)[C@H](O)CCCC(=O)O[C@H](COC(=O)CCCCCCC/C=C\CCCC)COP(=O)(O)OC[C@H](N)C(=O)O. The molecule has 7 N–H and O–H groups in total. The molecule has 314 valence electrons. The van der Waals surface area contributed by atoms with Crippen LogP contribution in [0.15, 0.2) is 72.9 Å². The highest BCUT2D eigenvalue weighted by molar-refractivity contribution is 7.47. The smallest absolute Gasteiger partial charge is 0.472 e. The first-order valence-electron chi connectivity index (χ1n) is 19.3. The van der Waals surface area contributed by atoms with E-state index in [4.69, 9.17) is 24.8 Å². The number of aliphatic hydroxyl groups excluding tert-OH is 3. The average molecular weight is 800 g/mol. The molecular formula is C40H66NO13P. The number of rotatable bonds is 34. The van der Waals surface area contributed by atoms with Crippen molar-refractivity contribution in [3.63, 3.8) is 0 Å². The first-order valence-corrected chi connectivity index (χ1v) is 20.8. The van der Waals surface area contributed by atoms with E-state index in [1.54, 1.807) is 42.5 Å². The van der Waals surface area contributed by atoms with Gasteiger partial charge in [-0.05, 0) is 51.4 Å². The van der Waals surface area contributed by atoms with Gasteiger partial charge in [-0.2, -0.15) is 0 Å². The number of esters is 2. The van der Waals surface area contributed by atoms with Crippen molar-refractivity contribution in [2.24, 2.45) is 5.73 Å². The van der Waals surface area contributed by atoms with E-state index in [0.717, 1.165) is 44.9 Å². The Morgan fingerprint density at radius 1 is 0.709 bits per heavy atom. The van der Waals surface area contributed by atoms with Crippen LogP contribution >= 0.6 is 7.82 Å². The van der Waals surface area contributed by atoms with E-state index in [9.17, 15) is 39.2 Å². The molecule has 55 heavy (non-hydrogen) atoms. The minimum absolute atomic E-state index is 0.0418. The van der Waals surface area contributed by atoms with Crippen molar-refractivity contribution in [1.29, 1.82) is 0 Å². The van der Waals surface area contributed by atoms with E-state index in [1.165, 1.54) is 18.9 Å². The first-order chi connectivity index (χ1) is 26.3. The third-order valence-electron chi connectivity index (χ3n) is 7.78. The van der Waals surface area contributed by atoms with Gasteiger partial charge in [0, 0.05) is 12.8 Å². The highest BCUT2D eigenvalue weighted by atomic mass is 31.2. The second-order valence-electron chi connectivity index (χ2n) is 12.9. The number of phosphoric ester groups is 1. The van der Waals surface area contributed by atoms with Crippen molar-refractivity contribution in [1.82, 2.24) is 0 Å². The summed E-state index contributed by atoms with van der Waals surface area (Å²) in [7, 11) is -4.81. The second kappa shape index (κ2) is 34.1. The lowest BCUT2D eigenvalue weighted by atomic mass is 10.1. The molecule has 15 heteroatoms. The molecule has 0 heterocycles. The maximum absolute atomic E-state index is 12.6. The van der Waals surface area contributed by atoms with Crippen molar-refractivity contribution in [2.75, 3.05) is 19.8 Å². The van der Waals surface area contributed by atoms with Gasteiger partial charge in [-0.1, -0.05) is 119 Å². The van der Waals surface area contributed by atoms with Crippen LogP contribution in [0.2, 0.25) is 0 Å². The number of hydrogen-bond acceptors (Lipinski definition) is 12. The van der Waals surface area contributed by atoms with Crippen molar-refractivity contribution < 1.29 is 62.8 Å². The fraction of sp³-hybridized carbons (Fsp3) is 0.625. The molecule has 0 radical (unpaired) electrons. The molecule has 14 nitrogen and oxygen atoms in total. The Morgan fingerprint density at radius 2 is 1.31 bits per heavy atom. The molecule has 0 fully saturated rings. The molecule has 0 aliphatic carbocycles. The third kappa shape index (κ3) is 32.7. The van der Waals surface area contributed by atoms with E-state index >= 15 is 0 Å². The zero-order chi connectivity index (χ0) is 41.2. The standard InChI is InChI=1S/C40H66NO13P/c1-3-5-7-8-9-10-11-12-13-18-22-28-38(45)51-30-34(31-52-55(49,50)53-32-35(41)40(47)48)54-39(46)29-23-27-37(44)36(43)26-21-17-15-14-16-20-25-33(42)24-19-6-4-2/h6,8-9,14-17,19-21,25-26,33-37,42-44H,3-5,7,10-13,18,22-24,27-32,41H2,1-2H3,(H,47,48)(H,49,50)/b9-8-,16-14+,17-15-,19-6-,25-20+,26-21-/t33-,34+,35-,36+,37+/m0/s1. The van der Waals surface area contributed by atoms with Gasteiger partial charge in [0.1, 0.15) is 12.6 Å². The lowest BCUT2D eigenvalue weighted by Crippen LogP contribution is -2.34. The average Bonchev–Trinajstić information content (AvgIpc) is 3.14. The fourth-order valence-corrected chi connectivity index (χ4v) is 5.34. The summed E-state index contributed by atoms with van der Waals surface area (Å²) >= 11 is 0. The normalized spacial score (nSPS) is 16.3. The maximum Gasteiger partial charge on any atom is 0.472 e. The van der Waals surface area contributed by atoms with Crippen LogP contribution in [0.3, 0.4) is 0 Å². The van der Waals surface area contributed by atoms with Gasteiger partial charge in [0.25, 0.3) is 0 Å². The number of carboxylic acids is 1. The highest BCUT2D eigenvalue weighted by Gasteiger charge is 2.28. The quantitative estimate of drug-likeness (QED) is 0.0138. The summed E-state index contributed by atoms with van der Waals surface area (Å²) < 4.78 is 32.3.